The summed E-state index contributed by atoms with van der Waals surface area (Å²) in [6.45, 7) is 1.97. The van der Waals surface area contributed by atoms with E-state index in [4.69, 9.17) is 4.74 Å². The molecule has 4 nitrogen and oxygen atoms in total. The van der Waals surface area contributed by atoms with Crippen LogP contribution in [-0.2, 0) is 19.1 Å². The third kappa shape index (κ3) is 1.14. The van der Waals surface area contributed by atoms with Crippen LogP contribution in [0.25, 0.3) is 0 Å². The fourth-order valence-corrected chi connectivity index (χ4v) is 2.20. The monoisotopic (exact) mass is 196 g/mol. The molecular formula is C10H12O4. The molecule has 0 unspecified atom stereocenters. The fraction of sp³-hybridized carbons (Fsp3) is 0.600. The Hall–Kier alpha value is -1.32. The van der Waals surface area contributed by atoms with Gasteiger partial charge in [0.25, 0.3) is 0 Å². The third-order valence-electron chi connectivity index (χ3n) is 2.94. The summed E-state index contributed by atoms with van der Waals surface area (Å²) < 4.78 is 9.66. The summed E-state index contributed by atoms with van der Waals surface area (Å²) in [6.07, 6.45) is 3.58. The van der Waals surface area contributed by atoms with E-state index in [1.54, 1.807) is 0 Å². The second-order valence-corrected chi connectivity index (χ2v) is 3.72. The predicted octanol–water partition coefficient (Wildman–Crippen LogP) is 0.523. The van der Waals surface area contributed by atoms with Gasteiger partial charge in [0.1, 0.15) is 6.10 Å². The lowest BCUT2D eigenvalue weighted by molar-refractivity contribution is -0.155. The van der Waals surface area contributed by atoms with Gasteiger partial charge in [0.05, 0.1) is 7.11 Å². The number of hydrogen-bond donors (Lipinski definition) is 0. The molecule has 2 aliphatic rings. The Morgan fingerprint density at radius 1 is 1.50 bits per heavy atom. The van der Waals surface area contributed by atoms with E-state index < -0.39 is 17.9 Å². The van der Waals surface area contributed by atoms with Crippen LogP contribution in [0.3, 0.4) is 0 Å². The molecule has 1 aliphatic heterocycles. The molecule has 0 radical (unpaired) electrons. The Morgan fingerprint density at radius 2 is 2.21 bits per heavy atom. The molecule has 2 rings (SSSR count). The summed E-state index contributed by atoms with van der Waals surface area (Å²) in [5, 5.41) is 0. The lowest BCUT2D eigenvalue weighted by Gasteiger charge is -2.16. The largest absolute Gasteiger partial charge is 0.468 e. The predicted molar refractivity (Wildman–Crippen MR) is 47.2 cm³/mol. The van der Waals surface area contributed by atoms with Crippen molar-refractivity contribution in [1.82, 2.24) is 0 Å². The molecule has 76 valence electrons. The molecular weight excluding hydrogens is 184 g/mol. The van der Waals surface area contributed by atoms with Crippen molar-refractivity contribution in [2.75, 3.05) is 7.11 Å². The Kier molecular flexibility index (Phi) is 2.06. The van der Waals surface area contributed by atoms with Gasteiger partial charge in [0.2, 0.25) is 0 Å². The average molecular weight is 196 g/mol. The number of rotatable bonds is 1. The van der Waals surface area contributed by atoms with Gasteiger partial charge in [0, 0.05) is 5.92 Å². The number of methoxy groups -OCH3 is 1. The van der Waals surface area contributed by atoms with Crippen LogP contribution in [0.1, 0.15) is 6.92 Å². The van der Waals surface area contributed by atoms with Gasteiger partial charge in [-0.05, 0) is 12.0 Å². The number of hydrogen-bond acceptors (Lipinski definition) is 4. The van der Waals surface area contributed by atoms with Crippen molar-refractivity contribution in [2.24, 2.45) is 17.8 Å². The molecule has 1 fully saturated rings. The van der Waals surface area contributed by atoms with Gasteiger partial charge >= 0.3 is 11.9 Å². The van der Waals surface area contributed by atoms with Crippen LogP contribution in [0.5, 0.6) is 0 Å². The van der Waals surface area contributed by atoms with Crippen molar-refractivity contribution in [3.05, 3.63) is 12.2 Å². The molecule has 0 spiro atoms. The highest BCUT2D eigenvalue weighted by atomic mass is 16.6. The molecule has 1 aliphatic carbocycles. The number of allylic oxidation sites excluding steroid dienone is 1. The molecule has 0 aromatic rings. The molecule has 4 heteroatoms. The van der Waals surface area contributed by atoms with Crippen molar-refractivity contribution in [1.29, 1.82) is 0 Å². The Balaban J connectivity index is 2.25. The van der Waals surface area contributed by atoms with Crippen LogP contribution < -0.4 is 0 Å². The molecule has 4 atom stereocenters. The summed E-state index contributed by atoms with van der Waals surface area (Å²) in [7, 11) is 1.29. The maximum Gasteiger partial charge on any atom is 0.321 e. The van der Waals surface area contributed by atoms with E-state index >= 15 is 0 Å². The molecule has 0 aromatic carbocycles. The number of ether oxygens (including phenoxy) is 2. The van der Waals surface area contributed by atoms with Gasteiger partial charge < -0.3 is 9.47 Å². The summed E-state index contributed by atoms with van der Waals surface area (Å²) in [5.41, 5.74) is 0. The minimum Gasteiger partial charge on any atom is -0.468 e. The Labute approximate surface area is 81.9 Å². The van der Waals surface area contributed by atoms with Gasteiger partial charge in [-0.2, -0.15) is 0 Å². The first-order valence-electron chi connectivity index (χ1n) is 4.62. The molecule has 0 aromatic heterocycles. The van der Waals surface area contributed by atoms with Crippen molar-refractivity contribution >= 4 is 11.9 Å². The molecule has 14 heavy (non-hydrogen) atoms. The molecule has 0 N–H and O–H groups in total. The van der Waals surface area contributed by atoms with Crippen molar-refractivity contribution in [3.63, 3.8) is 0 Å². The highest BCUT2D eigenvalue weighted by Crippen LogP contribution is 2.40. The number of fused-ring (bicyclic) bond motifs is 1. The van der Waals surface area contributed by atoms with E-state index in [0.717, 1.165) is 0 Å². The van der Waals surface area contributed by atoms with Crippen LogP contribution in [-0.4, -0.2) is 25.2 Å². The maximum absolute atomic E-state index is 11.4. The Morgan fingerprint density at radius 3 is 2.86 bits per heavy atom. The first-order valence-corrected chi connectivity index (χ1v) is 4.62. The minimum absolute atomic E-state index is 0.0741. The number of esters is 2. The smallest absolute Gasteiger partial charge is 0.321 e. The third-order valence-corrected chi connectivity index (χ3v) is 2.94. The van der Waals surface area contributed by atoms with E-state index in [1.807, 2.05) is 19.1 Å². The standard InChI is InChI=1S/C10H12O4/c1-5-3-4-6-7(5)8(9(11)13-2)10(12)14-6/h3-8H,1-2H3/t5-,6+,7-,8-/m1/s1. The average Bonchev–Trinajstić information content (AvgIpc) is 2.65. The zero-order valence-corrected chi connectivity index (χ0v) is 8.10. The van der Waals surface area contributed by atoms with Crippen LogP contribution in [0, 0.1) is 17.8 Å². The minimum atomic E-state index is -0.741. The Bertz CT molecular complexity index is 307. The molecule has 0 saturated carbocycles. The van der Waals surface area contributed by atoms with Crippen LogP contribution in [0.15, 0.2) is 12.2 Å². The van der Waals surface area contributed by atoms with E-state index in [2.05, 4.69) is 4.74 Å². The lowest BCUT2D eigenvalue weighted by atomic mass is 9.85. The second-order valence-electron chi connectivity index (χ2n) is 3.72. The summed E-state index contributed by atoms with van der Waals surface area (Å²) in [6, 6.07) is 0. The van der Waals surface area contributed by atoms with Crippen LogP contribution >= 0.6 is 0 Å². The van der Waals surface area contributed by atoms with Gasteiger partial charge in [-0.15, -0.1) is 0 Å². The van der Waals surface area contributed by atoms with Crippen molar-refractivity contribution in [3.8, 4) is 0 Å². The molecule has 0 amide bonds. The van der Waals surface area contributed by atoms with Gasteiger partial charge in [-0.1, -0.05) is 13.0 Å². The van der Waals surface area contributed by atoms with Gasteiger partial charge in [0.15, 0.2) is 5.92 Å². The zero-order valence-electron chi connectivity index (χ0n) is 8.10. The number of carbonyl (C=O) groups is 2. The zero-order chi connectivity index (χ0) is 10.3. The van der Waals surface area contributed by atoms with Crippen LogP contribution in [0.2, 0.25) is 0 Å². The fourth-order valence-electron chi connectivity index (χ4n) is 2.20. The first kappa shape index (κ1) is 9.24. The van der Waals surface area contributed by atoms with E-state index in [9.17, 15) is 9.59 Å². The van der Waals surface area contributed by atoms with Gasteiger partial charge in [-0.25, -0.2) is 0 Å². The molecule has 0 bridgehead atoms. The van der Waals surface area contributed by atoms with Crippen molar-refractivity contribution < 1.29 is 19.1 Å². The summed E-state index contributed by atoms with van der Waals surface area (Å²) >= 11 is 0. The summed E-state index contributed by atoms with van der Waals surface area (Å²) in [4.78, 5) is 22.7. The molecule has 1 heterocycles. The highest BCUT2D eigenvalue weighted by Gasteiger charge is 2.52. The summed E-state index contributed by atoms with van der Waals surface area (Å²) in [5.74, 6) is -1.57. The quantitative estimate of drug-likeness (QED) is 0.348. The van der Waals surface area contributed by atoms with Gasteiger partial charge in [-0.3, -0.25) is 9.59 Å². The molecule has 1 saturated heterocycles. The normalized spacial score (nSPS) is 39.4. The van der Waals surface area contributed by atoms with Crippen molar-refractivity contribution in [2.45, 2.75) is 13.0 Å². The van der Waals surface area contributed by atoms with E-state index in [0.29, 0.717) is 0 Å². The van der Waals surface area contributed by atoms with E-state index in [-0.39, 0.29) is 17.9 Å². The second kappa shape index (κ2) is 3.12. The lowest BCUT2D eigenvalue weighted by Crippen LogP contribution is -2.30. The highest BCUT2D eigenvalue weighted by molar-refractivity contribution is 5.97. The topological polar surface area (TPSA) is 52.6 Å². The maximum atomic E-state index is 11.4. The van der Waals surface area contributed by atoms with E-state index in [1.165, 1.54) is 7.11 Å². The SMILES string of the molecule is COC(=O)[C@@H]1C(=O)O[C@H]2C=C[C@@H](C)[C@@H]12. The van der Waals surface area contributed by atoms with Crippen LogP contribution in [0.4, 0.5) is 0 Å². The first-order chi connectivity index (χ1) is 6.65. The number of carbonyl (C=O) groups excluding carboxylic acids is 2.